The summed E-state index contributed by atoms with van der Waals surface area (Å²) in [4.78, 5) is 24.4. The van der Waals surface area contributed by atoms with E-state index in [1.807, 2.05) is 20.8 Å². The van der Waals surface area contributed by atoms with Crippen molar-refractivity contribution >= 4 is 12.1 Å². The predicted octanol–water partition coefficient (Wildman–Crippen LogP) is 1.86. The molecule has 1 atom stereocenters. The maximum atomic E-state index is 11.9. The molecule has 0 radical (unpaired) electrons. The summed E-state index contributed by atoms with van der Waals surface area (Å²) in [6, 6.07) is 0. The van der Waals surface area contributed by atoms with Crippen molar-refractivity contribution in [3.63, 3.8) is 0 Å². The van der Waals surface area contributed by atoms with Crippen LogP contribution in [0, 0.1) is 5.92 Å². The van der Waals surface area contributed by atoms with Crippen LogP contribution in [0.4, 0.5) is 4.79 Å². The summed E-state index contributed by atoms with van der Waals surface area (Å²) in [5.41, 5.74) is -2.21. The summed E-state index contributed by atoms with van der Waals surface area (Å²) in [7, 11) is 0. The van der Waals surface area contributed by atoms with Crippen molar-refractivity contribution < 1.29 is 24.5 Å². The lowest BCUT2D eigenvalue weighted by atomic mass is 9.85. The van der Waals surface area contributed by atoms with Crippen LogP contribution in [0.25, 0.3) is 0 Å². The van der Waals surface area contributed by atoms with E-state index in [2.05, 4.69) is 0 Å². The SMILES string of the molecule is CC(C)(C)OC(=O)N1CCC(CC(C)(O)C(=O)O)CC1. The second-order valence-electron chi connectivity index (χ2n) is 6.69. The summed E-state index contributed by atoms with van der Waals surface area (Å²) in [5.74, 6) is -1.09. The fraction of sp³-hybridized carbons (Fsp3) is 0.857. The van der Waals surface area contributed by atoms with E-state index in [0.29, 0.717) is 25.9 Å². The van der Waals surface area contributed by atoms with Gasteiger partial charge in [0.05, 0.1) is 0 Å². The number of carboxylic acids is 1. The highest BCUT2D eigenvalue weighted by atomic mass is 16.6. The zero-order valence-electron chi connectivity index (χ0n) is 12.7. The number of likely N-dealkylation sites (tertiary alicyclic amines) is 1. The van der Waals surface area contributed by atoms with Crippen LogP contribution in [0.15, 0.2) is 0 Å². The summed E-state index contributed by atoms with van der Waals surface area (Å²) >= 11 is 0. The minimum Gasteiger partial charge on any atom is -0.479 e. The van der Waals surface area contributed by atoms with E-state index in [0.717, 1.165) is 0 Å². The molecule has 20 heavy (non-hydrogen) atoms. The first kappa shape index (κ1) is 16.8. The number of hydrogen-bond donors (Lipinski definition) is 2. The molecule has 0 aromatic rings. The monoisotopic (exact) mass is 287 g/mol. The first-order valence-electron chi connectivity index (χ1n) is 6.95. The van der Waals surface area contributed by atoms with Crippen molar-refractivity contribution in [2.75, 3.05) is 13.1 Å². The van der Waals surface area contributed by atoms with Crippen molar-refractivity contribution in [3.05, 3.63) is 0 Å². The number of piperidine rings is 1. The van der Waals surface area contributed by atoms with Crippen LogP contribution in [0.5, 0.6) is 0 Å². The third-order valence-corrected chi connectivity index (χ3v) is 3.41. The molecule has 1 aliphatic rings. The molecule has 0 aromatic carbocycles. The van der Waals surface area contributed by atoms with Gasteiger partial charge < -0.3 is 19.8 Å². The maximum Gasteiger partial charge on any atom is 0.410 e. The first-order valence-corrected chi connectivity index (χ1v) is 6.95. The van der Waals surface area contributed by atoms with Gasteiger partial charge in [-0.25, -0.2) is 9.59 Å². The average molecular weight is 287 g/mol. The number of carboxylic acid groups (broad SMARTS) is 1. The van der Waals surface area contributed by atoms with E-state index in [-0.39, 0.29) is 18.4 Å². The maximum absolute atomic E-state index is 11.9. The molecular weight excluding hydrogens is 262 g/mol. The molecule has 0 saturated carbocycles. The zero-order valence-corrected chi connectivity index (χ0v) is 12.7. The number of nitrogens with zero attached hydrogens (tertiary/aromatic N) is 1. The van der Waals surface area contributed by atoms with Crippen LogP contribution in [-0.4, -0.2) is 51.5 Å². The molecule has 6 nitrogen and oxygen atoms in total. The molecule has 0 bridgehead atoms. The molecule has 1 rings (SSSR count). The van der Waals surface area contributed by atoms with Gasteiger partial charge in [-0.05, 0) is 52.9 Å². The molecule has 0 spiro atoms. The number of carbonyl (C=O) groups excluding carboxylic acids is 1. The van der Waals surface area contributed by atoms with Crippen molar-refractivity contribution in [3.8, 4) is 0 Å². The van der Waals surface area contributed by atoms with Gasteiger partial charge in [-0.15, -0.1) is 0 Å². The Morgan fingerprint density at radius 2 is 1.70 bits per heavy atom. The molecule has 1 fully saturated rings. The van der Waals surface area contributed by atoms with Crippen molar-refractivity contribution in [2.45, 2.75) is 58.2 Å². The Labute approximate surface area is 119 Å². The number of rotatable bonds is 3. The molecule has 0 aliphatic carbocycles. The number of amides is 1. The Morgan fingerprint density at radius 3 is 2.10 bits per heavy atom. The lowest BCUT2D eigenvalue weighted by Gasteiger charge is -2.35. The highest BCUT2D eigenvalue weighted by molar-refractivity contribution is 5.76. The Kier molecular flexibility index (Phi) is 5.02. The van der Waals surface area contributed by atoms with Gasteiger partial charge in [0, 0.05) is 13.1 Å². The largest absolute Gasteiger partial charge is 0.479 e. The van der Waals surface area contributed by atoms with Crippen LogP contribution in [0.2, 0.25) is 0 Å². The molecule has 6 heteroatoms. The molecular formula is C14H25NO5. The summed E-state index contributed by atoms with van der Waals surface area (Å²) in [5, 5.41) is 18.7. The molecule has 1 heterocycles. The minimum absolute atomic E-state index is 0.111. The highest BCUT2D eigenvalue weighted by Gasteiger charge is 2.35. The standard InChI is InChI=1S/C14H25NO5/c1-13(2,3)20-12(18)15-7-5-10(6-8-15)9-14(4,19)11(16)17/h10,19H,5-9H2,1-4H3,(H,16,17). The fourth-order valence-corrected chi connectivity index (χ4v) is 2.30. The predicted molar refractivity (Wildman–Crippen MR) is 73.4 cm³/mol. The summed E-state index contributed by atoms with van der Waals surface area (Å²) in [6.07, 6.45) is 1.25. The molecule has 1 unspecified atom stereocenters. The van der Waals surface area contributed by atoms with Crippen LogP contribution < -0.4 is 0 Å². The third kappa shape index (κ3) is 5.00. The summed E-state index contributed by atoms with van der Waals surface area (Å²) < 4.78 is 5.30. The van der Waals surface area contributed by atoms with Crippen molar-refractivity contribution in [1.29, 1.82) is 0 Å². The topological polar surface area (TPSA) is 87.1 Å². The van der Waals surface area contributed by atoms with Crippen LogP contribution >= 0.6 is 0 Å². The van der Waals surface area contributed by atoms with Gasteiger partial charge in [-0.1, -0.05) is 0 Å². The quantitative estimate of drug-likeness (QED) is 0.827. The van der Waals surface area contributed by atoms with Gasteiger partial charge in [0.1, 0.15) is 5.60 Å². The third-order valence-electron chi connectivity index (χ3n) is 3.41. The minimum atomic E-state index is -1.70. The summed E-state index contributed by atoms with van der Waals surface area (Å²) in [6.45, 7) is 7.85. The highest BCUT2D eigenvalue weighted by Crippen LogP contribution is 2.27. The lowest BCUT2D eigenvalue weighted by Crippen LogP contribution is -2.44. The normalized spacial score (nSPS) is 20.4. The van der Waals surface area contributed by atoms with Gasteiger partial charge >= 0.3 is 12.1 Å². The number of hydrogen-bond acceptors (Lipinski definition) is 4. The smallest absolute Gasteiger partial charge is 0.410 e. The van der Waals surface area contributed by atoms with Gasteiger partial charge in [0.2, 0.25) is 0 Å². The Morgan fingerprint density at radius 1 is 1.20 bits per heavy atom. The van der Waals surface area contributed by atoms with E-state index in [4.69, 9.17) is 9.84 Å². The number of carbonyl (C=O) groups is 2. The molecule has 1 saturated heterocycles. The van der Waals surface area contributed by atoms with Crippen LogP contribution in [0.1, 0.15) is 47.0 Å². The van der Waals surface area contributed by atoms with E-state index in [1.165, 1.54) is 6.92 Å². The Bertz CT molecular complexity index is 364. The zero-order chi connectivity index (χ0) is 15.6. The Balaban J connectivity index is 2.44. The van der Waals surface area contributed by atoms with E-state index in [9.17, 15) is 14.7 Å². The molecule has 116 valence electrons. The lowest BCUT2D eigenvalue weighted by molar-refractivity contribution is -0.158. The molecule has 2 N–H and O–H groups in total. The first-order chi connectivity index (χ1) is 9.01. The van der Waals surface area contributed by atoms with Gasteiger partial charge in [-0.2, -0.15) is 0 Å². The fourth-order valence-electron chi connectivity index (χ4n) is 2.30. The Hall–Kier alpha value is -1.30. The van der Waals surface area contributed by atoms with Crippen molar-refractivity contribution in [1.82, 2.24) is 4.90 Å². The van der Waals surface area contributed by atoms with E-state index < -0.39 is 17.2 Å². The average Bonchev–Trinajstić information content (AvgIpc) is 2.26. The second kappa shape index (κ2) is 5.99. The van der Waals surface area contributed by atoms with Crippen LogP contribution in [0.3, 0.4) is 0 Å². The van der Waals surface area contributed by atoms with E-state index in [1.54, 1.807) is 4.90 Å². The molecule has 0 aromatic heterocycles. The van der Waals surface area contributed by atoms with Gasteiger partial charge in [0.25, 0.3) is 0 Å². The number of aliphatic carboxylic acids is 1. The van der Waals surface area contributed by atoms with Crippen molar-refractivity contribution in [2.24, 2.45) is 5.92 Å². The van der Waals surface area contributed by atoms with Crippen LogP contribution in [-0.2, 0) is 9.53 Å². The van der Waals surface area contributed by atoms with Gasteiger partial charge in [0.15, 0.2) is 5.60 Å². The number of aliphatic hydroxyl groups is 1. The van der Waals surface area contributed by atoms with E-state index >= 15 is 0 Å². The second-order valence-corrected chi connectivity index (χ2v) is 6.69. The molecule has 1 aliphatic heterocycles. The molecule has 1 amide bonds. The van der Waals surface area contributed by atoms with Gasteiger partial charge in [-0.3, -0.25) is 0 Å². The number of ether oxygens (including phenoxy) is 1.